The minimum absolute atomic E-state index is 0.00103. The van der Waals surface area contributed by atoms with E-state index >= 15 is 0 Å². The van der Waals surface area contributed by atoms with Crippen molar-refractivity contribution < 1.29 is 19.0 Å². The maximum atomic E-state index is 11.3. The van der Waals surface area contributed by atoms with Gasteiger partial charge in [0.15, 0.2) is 17.3 Å². The molecule has 0 spiro atoms. The predicted octanol–water partition coefficient (Wildman–Crippen LogP) is 3.75. The van der Waals surface area contributed by atoms with Crippen molar-refractivity contribution in [1.29, 1.82) is 0 Å². The van der Waals surface area contributed by atoms with Crippen LogP contribution in [0.3, 0.4) is 0 Å². The van der Waals surface area contributed by atoms with Crippen molar-refractivity contribution in [2.45, 2.75) is 13.3 Å². The fourth-order valence-corrected chi connectivity index (χ4v) is 1.95. The Morgan fingerprint density at radius 2 is 1.68 bits per heavy atom. The first-order valence-electron chi connectivity index (χ1n) is 7.20. The Hall–Kier alpha value is -2.49. The van der Waals surface area contributed by atoms with Gasteiger partial charge in [-0.25, -0.2) is 0 Å². The van der Waals surface area contributed by atoms with Crippen molar-refractivity contribution in [3.8, 4) is 17.2 Å². The highest BCUT2D eigenvalue weighted by molar-refractivity contribution is 5.94. The molecule has 0 unspecified atom stereocenters. The van der Waals surface area contributed by atoms with E-state index in [1.165, 1.54) is 6.92 Å². The molecule has 0 aliphatic heterocycles. The van der Waals surface area contributed by atoms with Crippen molar-refractivity contribution in [1.82, 2.24) is 0 Å². The number of Topliss-reactive ketones (excluding diaryl/α,β-unsaturated/α-hetero) is 1. The number of carbonyl (C=O) groups excluding carboxylic acids is 1. The Morgan fingerprint density at radius 3 is 2.36 bits per heavy atom. The number of hydrogen-bond acceptors (Lipinski definition) is 4. The third-order valence-corrected chi connectivity index (χ3v) is 3.13. The number of para-hydroxylation sites is 1. The maximum Gasteiger partial charge on any atom is 0.161 e. The van der Waals surface area contributed by atoms with Gasteiger partial charge < -0.3 is 14.2 Å². The summed E-state index contributed by atoms with van der Waals surface area (Å²) < 4.78 is 16.5. The summed E-state index contributed by atoms with van der Waals surface area (Å²) >= 11 is 0. The highest BCUT2D eigenvalue weighted by Gasteiger charge is 2.08. The van der Waals surface area contributed by atoms with Crippen LogP contribution in [0.5, 0.6) is 17.2 Å². The van der Waals surface area contributed by atoms with E-state index in [1.807, 2.05) is 30.3 Å². The fraction of sp³-hybridized carbons (Fsp3) is 0.278. The van der Waals surface area contributed by atoms with Crippen LogP contribution in [-0.4, -0.2) is 26.1 Å². The van der Waals surface area contributed by atoms with E-state index in [2.05, 4.69) is 0 Å². The van der Waals surface area contributed by atoms with Crippen LogP contribution < -0.4 is 14.2 Å². The van der Waals surface area contributed by atoms with E-state index in [4.69, 9.17) is 14.2 Å². The maximum absolute atomic E-state index is 11.3. The molecule has 0 bridgehead atoms. The smallest absolute Gasteiger partial charge is 0.161 e. The lowest BCUT2D eigenvalue weighted by molar-refractivity contribution is 0.101. The summed E-state index contributed by atoms with van der Waals surface area (Å²) in [7, 11) is 1.56. The van der Waals surface area contributed by atoms with Gasteiger partial charge >= 0.3 is 0 Å². The summed E-state index contributed by atoms with van der Waals surface area (Å²) in [4.78, 5) is 11.3. The molecule has 4 heteroatoms. The lowest BCUT2D eigenvalue weighted by Gasteiger charge is -2.12. The van der Waals surface area contributed by atoms with Crippen LogP contribution in [0.1, 0.15) is 23.7 Å². The molecule has 0 aliphatic carbocycles. The summed E-state index contributed by atoms with van der Waals surface area (Å²) in [6.07, 6.45) is 0.756. The van der Waals surface area contributed by atoms with Gasteiger partial charge in [-0.2, -0.15) is 0 Å². The van der Waals surface area contributed by atoms with Crippen LogP contribution in [0.4, 0.5) is 0 Å². The van der Waals surface area contributed by atoms with E-state index in [0.717, 1.165) is 12.2 Å². The van der Waals surface area contributed by atoms with Crippen LogP contribution in [-0.2, 0) is 0 Å². The van der Waals surface area contributed by atoms with Gasteiger partial charge in [-0.05, 0) is 37.3 Å². The van der Waals surface area contributed by atoms with Crippen molar-refractivity contribution in [3.63, 3.8) is 0 Å². The molecule has 0 amide bonds. The third kappa shape index (κ3) is 4.52. The van der Waals surface area contributed by atoms with E-state index in [1.54, 1.807) is 25.3 Å². The van der Waals surface area contributed by atoms with E-state index in [-0.39, 0.29) is 5.78 Å². The SMILES string of the molecule is COc1cc(C(C)=O)ccc1OCCCOc1ccccc1. The van der Waals surface area contributed by atoms with Gasteiger partial charge in [0.2, 0.25) is 0 Å². The quantitative estimate of drug-likeness (QED) is 0.550. The average molecular weight is 300 g/mol. The van der Waals surface area contributed by atoms with Gasteiger partial charge in [-0.15, -0.1) is 0 Å². The molecule has 4 nitrogen and oxygen atoms in total. The average Bonchev–Trinajstić information content (AvgIpc) is 2.55. The van der Waals surface area contributed by atoms with Crippen LogP contribution in [0, 0.1) is 0 Å². The third-order valence-electron chi connectivity index (χ3n) is 3.13. The number of ketones is 1. The largest absolute Gasteiger partial charge is 0.493 e. The first-order valence-corrected chi connectivity index (χ1v) is 7.20. The van der Waals surface area contributed by atoms with E-state index in [9.17, 15) is 4.79 Å². The Kier molecular flexibility index (Phi) is 5.83. The molecule has 0 heterocycles. The number of benzene rings is 2. The number of ether oxygens (including phenoxy) is 3. The number of carbonyl (C=O) groups is 1. The van der Waals surface area contributed by atoms with Gasteiger partial charge in [0.1, 0.15) is 5.75 Å². The Labute approximate surface area is 130 Å². The molecule has 0 N–H and O–H groups in total. The Balaban J connectivity index is 1.80. The minimum Gasteiger partial charge on any atom is -0.493 e. The van der Waals surface area contributed by atoms with Crippen molar-refractivity contribution in [3.05, 3.63) is 54.1 Å². The number of rotatable bonds is 8. The highest BCUT2D eigenvalue weighted by Crippen LogP contribution is 2.28. The minimum atomic E-state index is 0.00103. The number of methoxy groups -OCH3 is 1. The van der Waals surface area contributed by atoms with Gasteiger partial charge in [-0.1, -0.05) is 18.2 Å². The molecular weight excluding hydrogens is 280 g/mol. The zero-order chi connectivity index (χ0) is 15.8. The zero-order valence-corrected chi connectivity index (χ0v) is 12.9. The van der Waals surface area contributed by atoms with Crippen molar-refractivity contribution >= 4 is 5.78 Å². The van der Waals surface area contributed by atoms with E-state index < -0.39 is 0 Å². The molecular formula is C18H20O4. The van der Waals surface area contributed by atoms with Gasteiger partial charge in [-0.3, -0.25) is 4.79 Å². The summed E-state index contributed by atoms with van der Waals surface area (Å²) in [5.41, 5.74) is 0.608. The second-order valence-corrected chi connectivity index (χ2v) is 4.79. The molecule has 0 fully saturated rings. The zero-order valence-electron chi connectivity index (χ0n) is 12.9. The van der Waals surface area contributed by atoms with Crippen LogP contribution in [0.2, 0.25) is 0 Å². The molecule has 2 aromatic carbocycles. The molecule has 2 rings (SSSR count). The van der Waals surface area contributed by atoms with Crippen molar-refractivity contribution in [2.75, 3.05) is 20.3 Å². The van der Waals surface area contributed by atoms with Gasteiger partial charge in [0.25, 0.3) is 0 Å². The standard InChI is InChI=1S/C18H20O4/c1-14(19)15-9-10-17(18(13-15)20-2)22-12-6-11-21-16-7-4-3-5-8-16/h3-5,7-10,13H,6,11-12H2,1-2H3. The monoisotopic (exact) mass is 300 g/mol. The lowest BCUT2D eigenvalue weighted by Crippen LogP contribution is -2.06. The second kappa shape index (κ2) is 8.08. The molecule has 0 saturated heterocycles. The van der Waals surface area contributed by atoms with Gasteiger partial charge in [0, 0.05) is 12.0 Å². The molecule has 22 heavy (non-hydrogen) atoms. The first-order chi connectivity index (χ1) is 10.7. The Morgan fingerprint density at radius 1 is 0.955 bits per heavy atom. The number of hydrogen-bond donors (Lipinski definition) is 0. The normalized spacial score (nSPS) is 10.1. The van der Waals surface area contributed by atoms with Crippen LogP contribution in [0.25, 0.3) is 0 Å². The van der Waals surface area contributed by atoms with Crippen LogP contribution in [0.15, 0.2) is 48.5 Å². The highest BCUT2D eigenvalue weighted by atomic mass is 16.5. The summed E-state index contributed by atoms with van der Waals surface area (Å²) in [6.45, 7) is 2.62. The second-order valence-electron chi connectivity index (χ2n) is 4.79. The first kappa shape index (κ1) is 15.9. The Bertz CT molecular complexity index is 608. The topological polar surface area (TPSA) is 44.8 Å². The summed E-state index contributed by atoms with van der Waals surface area (Å²) in [6, 6.07) is 14.9. The molecule has 116 valence electrons. The summed E-state index contributed by atoms with van der Waals surface area (Å²) in [5.74, 6) is 2.05. The fourth-order valence-electron chi connectivity index (χ4n) is 1.95. The predicted molar refractivity (Wildman–Crippen MR) is 85.0 cm³/mol. The molecule has 0 aliphatic rings. The lowest BCUT2D eigenvalue weighted by atomic mass is 10.1. The van der Waals surface area contributed by atoms with Gasteiger partial charge in [0.05, 0.1) is 20.3 Å². The molecule has 0 saturated carbocycles. The summed E-state index contributed by atoms with van der Waals surface area (Å²) in [5, 5.41) is 0. The van der Waals surface area contributed by atoms with Crippen LogP contribution >= 0.6 is 0 Å². The molecule has 0 radical (unpaired) electrons. The molecule has 0 aromatic heterocycles. The van der Waals surface area contributed by atoms with E-state index in [0.29, 0.717) is 30.3 Å². The molecule has 0 atom stereocenters. The molecule has 2 aromatic rings. The van der Waals surface area contributed by atoms with Crippen molar-refractivity contribution in [2.24, 2.45) is 0 Å².